The molecule has 0 bridgehead atoms. The normalized spacial score (nSPS) is 13.8. The number of nitrogens with zero attached hydrogens (tertiary/aromatic N) is 2. The number of hydrogen-bond acceptors (Lipinski definition) is 5. The van der Waals surface area contributed by atoms with Crippen LogP contribution in [-0.2, 0) is 10.0 Å². The fourth-order valence-corrected chi connectivity index (χ4v) is 3.45. The molecule has 0 aliphatic carbocycles. The van der Waals surface area contributed by atoms with Gasteiger partial charge in [0.2, 0.25) is 10.0 Å². The zero-order chi connectivity index (χ0) is 13.8. The predicted molar refractivity (Wildman–Crippen MR) is 76.1 cm³/mol. The van der Waals surface area contributed by atoms with Crippen molar-refractivity contribution in [2.45, 2.75) is 24.3 Å². The van der Waals surface area contributed by atoms with E-state index < -0.39 is 10.0 Å². The Morgan fingerprint density at radius 3 is 2.78 bits per heavy atom. The van der Waals surface area contributed by atoms with Gasteiger partial charge in [0.25, 0.3) is 0 Å². The summed E-state index contributed by atoms with van der Waals surface area (Å²) in [4.78, 5) is 3.99. The fraction of sp³-hybridized carbons (Fsp3) is 0.545. The number of sulfonamides is 1. The molecule has 18 heavy (non-hydrogen) atoms. The molecular weight excluding hydrogens is 270 g/mol. The van der Waals surface area contributed by atoms with Gasteiger partial charge >= 0.3 is 0 Å². The van der Waals surface area contributed by atoms with E-state index in [1.807, 2.05) is 13.2 Å². The first-order valence-electron chi connectivity index (χ1n) is 5.58. The first kappa shape index (κ1) is 15.3. The molecule has 1 heterocycles. The Hall–Kier alpha value is -0.790. The smallest absolute Gasteiger partial charge is 0.243 e. The van der Waals surface area contributed by atoms with Crippen molar-refractivity contribution in [1.29, 1.82) is 0 Å². The highest BCUT2D eigenvalue weighted by atomic mass is 32.2. The van der Waals surface area contributed by atoms with Gasteiger partial charge in [0.05, 0.1) is 4.90 Å². The number of thioether (sulfide) groups is 1. The zero-order valence-electron chi connectivity index (χ0n) is 10.8. The third-order valence-corrected chi connectivity index (χ3v) is 5.40. The van der Waals surface area contributed by atoms with Crippen molar-refractivity contribution in [2.24, 2.45) is 0 Å². The van der Waals surface area contributed by atoms with Crippen molar-refractivity contribution in [2.75, 3.05) is 24.8 Å². The van der Waals surface area contributed by atoms with Crippen LogP contribution < -0.4 is 5.73 Å². The maximum atomic E-state index is 12.3. The van der Waals surface area contributed by atoms with Crippen molar-refractivity contribution in [1.82, 2.24) is 9.29 Å². The van der Waals surface area contributed by atoms with Gasteiger partial charge in [0.15, 0.2) is 0 Å². The molecule has 0 aliphatic heterocycles. The molecule has 0 fully saturated rings. The number of hydrogen-bond donors (Lipinski definition) is 1. The number of pyridine rings is 1. The summed E-state index contributed by atoms with van der Waals surface area (Å²) in [6, 6.07) is 2.80. The molecule has 2 N–H and O–H groups in total. The summed E-state index contributed by atoms with van der Waals surface area (Å²) in [5.41, 5.74) is 5.51. The molecule has 0 amide bonds. The minimum atomic E-state index is -3.49. The summed E-state index contributed by atoms with van der Waals surface area (Å²) in [5.74, 6) is 1.14. The minimum Gasteiger partial charge on any atom is -0.384 e. The molecule has 1 unspecified atom stereocenters. The lowest BCUT2D eigenvalue weighted by atomic mass is 10.3. The highest BCUT2D eigenvalue weighted by molar-refractivity contribution is 7.98. The molecular formula is C11H19N3O2S2. The number of aromatic nitrogens is 1. The highest BCUT2D eigenvalue weighted by Crippen LogP contribution is 2.19. The molecule has 0 radical (unpaired) electrons. The summed E-state index contributed by atoms with van der Waals surface area (Å²) in [5, 5.41) is 0. The Morgan fingerprint density at radius 1 is 1.56 bits per heavy atom. The quantitative estimate of drug-likeness (QED) is 0.857. The van der Waals surface area contributed by atoms with Crippen molar-refractivity contribution < 1.29 is 8.42 Å². The first-order valence-corrected chi connectivity index (χ1v) is 8.41. The minimum absolute atomic E-state index is 0.0446. The molecule has 7 heteroatoms. The molecule has 0 saturated carbocycles. The molecule has 0 aromatic carbocycles. The van der Waals surface area contributed by atoms with E-state index in [1.54, 1.807) is 18.8 Å². The van der Waals surface area contributed by atoms with Crippen LogP contribution in [0, 0.1) is 0 Å². The van der Waals surface area contributed by atoms with Gasteiger partial charge in [-0.05, 0) is 31.4 Å². The van der Waals surface area contributed by atoms with Crippen LogP contribution in [0.1, 0.15) is 13.3 Å². The SMILES string of the molecule is CSCCC(C)N(C)S(=O)(=O)c1ccnc(N)c1. The summed E-state index contributed by atoms with van der Waals surface area (Å²) in [6.45, 7) is 1.90. The van der Waals surface area contributed by atoms with Gasteiger partial charge in [0, 0.05) is 25.4 Å². The Bertz CT molecular complexity index is 491. The molecule has 0 aliphatic rings. The second-order valence-electron chi connectivity index (χ2n) is 4.07. The fourth-order valence-electron chi connectivity index (χ4n) is 1.46. The molecule has 1 atom stereocenters. The molecule has 1 aromatic heterocycles. The van der Waals surface area contributed by atoms with Gasteiger partial charge in [-0.3, -0.25) is 0 Å². The molecule has 0 saturated heterocycles. The van der Waals surface area contributed by atoms with Crippen LogP contribution in [-0.4, -0.2) is 42.8 Å². The number of nitrogens with two attached hydrogens (primary N) is 1. The lowest BCUT2D eigenvalue weighted by molar-refractivity contribution is 0.382. The summed E-state index contributed by atoms with van der Waals surface area (Å²) in [7, 11) is -1.89. The van der Waals surface area contributed by atoms with Crippen LogP contribution in [0.15, 0.2) is 23.2 Å². The Balaban J connectivity index is 2.92. The molecule has 5 nitrogen and oxygen atoms in total. The molecule has 1 aromatic rings. The highest BCUT2D eigenvalue weighted by Gasteiger charge is 2.25. The topological polar surface area (TPSA) is 76.3 Å². The van der Waals surface area contributed by atoms with E-state index in [-0.39, 0.29) is 16.8 Å². The Labute approximate surface area is 113 Å². The maximum Gasteiger partial charge on any atom is 0.243 e. The van der Waals surface area contributed by atoms with Gasteiger partial charge in [-0.25, -0.2) is 13.4 Å². The van der Waals surface area contributed by atoms with E-state index in [9.17, 15) is 8.42 Å². The Morgan fingerprint density at radius 2 is 2.22 bits per heavy atom. The standard InChI is InChI=1S/C11H19N3O2S2/c1-9(5-7-17-3)14(2)18(15,16)10-4-6-13-11(12)8-10/h4,6,8-9H,5,7H2,1-3H3,(H2,12,13). The van der Waals surface area contributed by atoms with Crippen LogP contribution in [0.3, 0.4) is 0 Å². The van der Waals surface area contributed by atoms with Gasteiger partial charge in [0.1, 0.15) is 5.82 Å². The average molecular weight is 289 g/mol. The lowest BCUT2D eigenvalue weighted by Gasteiger charge is -2.24. The zero-order valence-corrected chi connectivity index (χ0v) is 12.5. The summed E-state index contributed by atoms with van der Waals surface area (Å²) < 4.78 is 26.0. The van der Waals surface area contributed by atoms with Gasteiger partial charge in [-0.1, -0.05) is 0 Å². The van der Waals surface area contributed by atoms with Crippen LogP contribution in [0.4, 0.5) is 5.82 Å². The van der Waals surface area contributed by atoms with Crippen molar-refractivity contribution >= 4 is 27.6 Å². The van der Waals surface area contributed by atoms with Crippen LogP contribution in [0.2, 0.25) is 0 Å². The number of anilines is 1. The average Bonchev–Trinajstić information content (AvgIpc) is 2.34. The van der Waals surface area contributed by atoms with Gasteiger partial charge in [-0.15, -0.1) is 0 Å². The number of rotatable bonds is 6. The predicted octanol–water partition coefficient (Wildman–Crippen LogP) is 1.43. The summed E-state index contributed by atoms with van der Waals surface area (Å²) >= 11 is 1.70. The van der Waals surface area contributed by atoms with Crippen molar-refractivity contribution in [3.8, 4) is 0 Å². The van der Waals surface area contributed by atoms with E-state index >= 15 is 0 Å². The molecule has 0 spiro atoms. The van der Waals surface area contributed by atoms with E-state index in [0.717, 1.165) is 12.2 Å². The monoisotopic (exact) mass is 289 g/mol. The third kappa shape index (κ3) is 3.60. The molecule has 1 rings (SSSR count). The van der Waals surface area contributed by atoms with Crippen LogP contribution in [0.25, 0.3) is 0 Å². The van der Waals surface area contributed by atoms with E-state index in [0.29, 0.717) is 0 Å². The third-order valence-electron chi connectivity index (χ3n) is 2.79. The second kappa shape index (κ2) is 6.40. The van der Waals surface area contributed by atoms with Crippen molar-refractivity contribution in [3.05, 3.63) is 18.3 Å². The first-order chi connectivity index (χ1) is 8.39. The second-order valence-corrected chi connectivity index (χ2v) is 7.05. The van der Waals surface area contributed by atoms with Gasteiger partial charge < -0.3 is 5.73 Å². The van der Waals surface area contributed by atoms with Crippen molar-refractivity contribution in [3.63, 3.8) is 0 Å². The van der Waals surface area contributed by atoms with Gasteiger partial charge in [-0.2, -0.15) is 16.1 Å². The maximum absolute atomic E-state index is 12.3. The van der Waals surface area contributed by atoms with Crippen LogP contribution >= 0.6 is 11.8 Å². The largest absolute Gasteiger partial charge is 0.384 e. The summed E-state index contributed by atoms with van der Waals surface area (Å²) in [6.07, 6.45) is 4.23. The van der Waals surface area contributed by atoms with E-state index in [1.165, 1.54) is 22.6 Å². The lowest BCUT2D eigenvalue weighted by Crippen LogP contribution is -2.35. The molecule has 102 valence electrons. The van der Waals surface area contributed by atoms with Crippen LogP contribution in [0.5, 0.6) is 0 Å². The number of nitrogen functional groups attached to an aromatic ring is 1. The Kier molecular flexibility index (Phi) is 5.43. The van der Waals surface area contributed by atoms with E-state index in [4.69, 9.17) is 5.73 Å². The van der Waals surface area contributed by atoms with E-state index in [2.05, 4.69) is 4.98 Å².